The van der Waals surface area contributed by atoms with E-state index in [2.05, 4.69) is 10.4 Å². The molecule has 2 rings (SSSR count). The molecule has 4 nitrogen and oxygen atoms in total. The van der Waals surface area contributed by atoms with E-state index >= 15 is 0 Å². The number of carbonyl (C=O) groups excluding carboxylic acids is 1. The highest BCUT2D eigenvalue weighted by atomic mass is 19.1. The summed E-state index contributed by atoms with van der Waals surface area (Å²) >= 11 is 0. The summed E-state index contributed by atoms with van der Waals surface area (Å²) in [5, 5.41) is 6.79. The normalized spacial score (nSPS) is 10.7. The standard InChI is InChI=1S/C14H16FN3O/c1-10(2)18-13(7-8-17-18)14(19)16-9-11-5-3-4-6-12(11)15/h3-8,10H,9H2,1-2H3,(H,16,19). The van der Waals surface area contributed by atoms with E-state index in [-0.39, 0.29) is 24.3 Å². The van der Waals surface area contributed by atoms with E-state index in [0.717, 1.165) is 0 Å². The van der Waals surface area contributed by atoms with Crippen LogP contribution in [0.2, 0.25) is 0 Å². The first-order valence-electron chi connectivity index (χ1n) is 6.14. The van der Waals surface area contributed by atoms with Crippen molar-refractivity contribution >= 4 is 5.91 Å². The van der Waals surface area contributed by atoms with Crippen LogP contribution in [0.3, 0.4) is 0 Å². The molecule has 2 aromatic rings. The van der Waals surface area contributed by atoms with Crippen molar-refractivity contribution in [2.75, 3.05) is 0 Å². The van der Waals surface area contributed by atoms with Gasteiger partial charge in [-0.05, 0) is 26.0 Å². The van der Waals surface area contributed by atoms with Crippen molar-refractivity contribution in [1.29, 1.82) is 0 Å². The van der Waals surface area contributed by atoms with E-state index in [1.165, 1.54) is 6.07 Å². The van der Waals surface area contributed by atoms with Gasteiger partial charge in [-0.3, -0.25) is 9.48 Å². The van der Waals surface area contributed by atoms with E-state index < -0.39 is 0 Å². The molecule has 0 aliphatic carbocycles. The summed E-state index contributed by atoms with van der Waals surface area (Å²) in [5.41, 5.74) is 0.942. The van der Waals surface area contributed by atoms with Crippen molar-refractivity contribution in [3.63, 3.8) is 0 Å². The van der Waals surface area contributed by atoms with Crippen LogP contribution in [0.5, 0.6) is 0 Å². The smallest absolute Gasteiger partial charge is 0.269 e. The number of hydrogen-bond acceptors (Lipinski definition) is 2. The van der Waals surface area contributed by atoms with Crippen LogP contribution in [0.15, 0.2) is 36.5 Å². The number of nitrogens with zero attached hydrogens (tertiary/aromatic N) is 2. The summed E-state index contributed by atoms with van der Waals surface area (Å²) < 4.78 is 15.1. The Bertz CT molecular complexity index is 578. The number of rotatable bonds is 4. The Kier molecular flexibility index (Phi) is 3.94. The van der Waals surface area contributed by atoms with Gasteiger partial charge in [-0.15, -0.1) is 0 Å². The molecule has 1 amide bonds. The fraction of sp³-hybridized carbons (Fsp3) is 0.286. The molecule has 0 bridgehead atoms. The lowest BCUT2D eigenvalue weighted by atomic mass is 10.2. The molecule has 0 fully saturated rings. The fourth-order valence-electron chi connectivity index (χ4n) is 1.81. The predicted molar refractivity (Wildman–Crippen MR) is 70.2 cm³/mol. The average molecular weight is 261 g/mol. The molecule has 0 atom stereocenters. The Morgan fingerprint density at radius 3 is 2.79 bits per heavy atom. The van der Waals surface area contributed by atoms with Crippen molar-refractivity contribution in [1.82, 2.24) is 15.1 Å². The Balaban J connectivity index is 2.06. The molecule has 0 unspecified atom stereocenters. The molecule has 100 valence electrons. The van der Waals surface area contributed by atoms with Gasteiger partial charge in [0.05, 0.1) is 0 Å². The SMILES string of the molecule is CC(C)n1nccc1C(=O)NCc1ccccc1F. The van der Waals surface area contributed by atoms with E-state index in [1.54, 1.807) is 35.1 Å². The van der Waals surface area contributed by atoms with Gasteiger partial charge >= 0.3 is 0 Å². The topological polar surface area (TPSA) is 46.9 Å². The maximum atomic E-state index is 13.4. The van der Waals surface area contributed by atoms with Crippen LogP contribution in [0.1, 0.15) is 35.9 Å². The van der Waals surface area contributed by atoms with Gasteiger partial charge in [0.25, 0.3) is 5.91 Å². The molecular weight excluding hydrogens is 245 g/mol. The zero-order valence-corrected chi connectivity index (χ0v) is 10.9. The monoisotopic (exact) mass is 261 g/mol. The molecule has 19 heavy (non-hydrogen) atoms. The second kappa shape index (κ2) is 5.65. The maximum absolute atomic E-state index is 13.4. The molecule has 1 aromatic carbocycles. The third kappa shape index (κ3) is 2.99. The Morgan fingerprint density at radius 1 is 1.37 bits per heavy atom. The molecule has 0 aliphatic heterocycles. The molecule has 0 saturated heterocycles. The summed E-state index contributed by atoms with van der Waals surface area (Å²) in [6, 6.07) is 8.13. The highest BCUT2D eigenvalue weighted by Crippen LogP contribution is 2.09. The number of amides is 1. The van der Waals surface area contributed by atoms with E-state index in [9.17, 15) is 9.18 Å². The van der Waals surface area contributed by atoms with Gasteiger partial charge in [0.2, 0.25) is 0 Å². The molecule has 0 aliphatic rings. The zero-order valence-electron chi connectivity index (χ0n) is 10.9. The highest BCUT2D eigenvalue weighted by Gasteiger charge is 2.14. The van der Waals surface area contributed by atoms with Crippen molar-refractivity contribution in [2.24, 2.45) is 0 Å². The zero-order chi connectivity index (χ0) is 13.8. The third-order valence-corrected chi connectivity index (χ3v) is 2.79. The van der Waals surface area contributed by atoms with Crippen LogP contribution in [-0.2, 0) is 6.54 Å². The minimum Gasteiger partial charge on any atom is -0.347 e. The van der Waals surface area contributed by atoms with Crippen LogP contribution in [0.25, 0.3) is 0 Å². The van der Waals surface area contributed by atoms with Gasteiger partial charge in [-0.25, -0.2) is 4.39 Å². The predicted octanol–water partition coefficient (Wildman–Crippen LogP) is 2.53. The fourth-order valence-corrected chi connectivity index (χ4v) is 1.81. The molecule has 0 spiro atoms. The summed E-state index contributed by atoms with van der Waals surface area (Å²) in [6.45, 7) is 4.05. The quantitative estimate of drug-likeness (QED) is 0.919. The summed E-state index contributed by atoms with van der Waals surface area (Å²) in [4.78, 5) is 12.0. The number of benzene rings is 1. The van der Waals surface area contributed by atoms with E-state index in [0.29, 0.717) is 11.3 Å². The number of nitrogens with one attached hydrogen (secondary N) is 1. The molecule has 1 aromatic heterocycles. The summed E-state index contributed by atoms with van der Waals surface area (Å²) in [7, 11) is 0. The van der Waals surface area contributed by atoms with Crippen LogP contribution < -0.4 is 5.32 Å². The lowest BCUT2D eigenvalue weighted by Crippen LogP contribution is -2.26. The molecule has 5 heteroatoms. The second-order valence-corrected chi connectivity index (χ2v) is 4.53. The van der Waals surface area contributed by atoms with Crippen molar-refractivity contribution < 1.29 is 9.18 Å². The number of hydrogen-bond donors (Lipinski definition) is 1. The largest absolute Gasteiger partial charge is 0.347 e. The minimum atomic E-state index is -0.319. The molecule has 0 saturated carbocycles. The van der Waals surface area contributed by atoms with Crippen LogP contribution in [0.4, 0.5) is 4.39 Å². The first-order chi connectivity index (χ1) is 9.09. The van der Waals surface area contributed by atoms with Gasteiger partial charge in [0.15, 0.2) is 0 Å². The molecule has 0 radical (unpaired) electrons. The van der Waals surface area contributed by atoms with Gasteiger partial charge in [-0.2, -0.15) is 5.10 Å². The van der Waals surface area contributed by atoms with Gasteiger partial charge < -0.3 is 5.32 Å². The first kappa shape index (κ1) is 13.3. The Labute approximate surface area is 111 Å². The lowest BCUT2D eigenvalue weighted by molar-refractivity contribution is 0.0938. The Morgan fingerprint density at radius 2 is 2.11 bits per heavy atom. The highest BCUT2D eigenvalue weighted by molar-refractivity contribution is 5.92. The minimum absolute atomic E-state index is 0.101. The number of carbonyl (C=O) groups is 1. The average Bonchev–Trinajstić information content (AvgIpc) is 2.87. The first-order valence-corrected chi connectivity index (χ1v) is 6.14. The van der Waals surface area contributed by atoms with E-state index in [4.69, 9.17) is 0 Å². The summed E-state index contributed by atoms with van der Waals surface area (Å²) in [6.07, 6.45) is 1.58. The second-order valence-electron chi connectivity index (χ2n) is 4.53. The van der Waals surface area contributed by atoms with Crippen LogP contribution >= 0.6 is 0 Å². The van der Waals surface area contributed by atoms with Gasteiger partial charge in [0, 0.05) is 24.3 Å². The maximum Gasteiger partial charge on any atom is 0.269 e. The Hall–Kier alpha value is -2.17. The third-order valence-electron chi connectivity index (χ3n) is 2.79. The van der Waals surface area contributed by atoms with Gasteiger partial charge in [0.1, 0.15) is 11.5 Å². The lowest BCUT2D eigenvalue weighted by Gasteiger charge is -2.11. The molecule has 1 heterocycles. The molecular formula is C14H16FN3O. The van der Waals surface area contributed by atoms with E-state index in [1.807, 2.05) is 13.8 Å². The van der Waals surface area contributed by atoms with Gasteiger partial charge in [-0.1, -0.05) is 18.2 Å². The van der Waals surface area contributed by atoms with Crippen molar-refractivity contribution in [3.05, 3.63) is 53.6 Å². The van der Waals surface area contributed by atoms with Crippen LogP contribution in [0, 0.1) is 5.82 Å². The van der Waals surface area contributed by atoms with Crippen molar-refractivity contribution in [3.8, 4) is 0 Å². The van der Waals surface area contributed by atoms with Crippen molar-refractivity contribution in [2.45, 2.75) is 26.4 Å². The van der Waals surface area contributed by atoms with Crippen LogP contribution in [-0.4, -0.2) is 15.7 Å². The molecule has 1 N–H and O–H groups in total. The number of aromatic nitrogens is 2. The summed E-state index contributed by atoms with van der Waals surface area (Å²) in [5.74, 6) is -0.574. The number of halogens is 1.